The van der Waals surface area contributed by atoms with Gasteiger partial charge in [-0.2, -0.15) is 0 Å². The highest BCUT2D eigenvalue weighted by Crippen LogP contribution is 2.49. The highest BCUT2D eigenvalue weighted by molar-refractivity contribution is 6.16. The number of amides is 3. The van der Waals surface area contributed by atoms with Gasteiger partial charge in [-0.3, -0.25) is 29.1 Å². The Bertz CT molecular complexity index is 1700. The van der Waals surface area contributed by atoms with Gasteiger partial charge in [-0.15, -0.1) is 0 Å². The summed E-state index contributed by atoms with van der Waals surface area (Å²) in [7, 11) is 0. The smallest absolute Gasteiger partial charge is 0.274 e. The summed E-state index contributed by atoms with van der Waals surface area (Å²) < 4.78 is 50.3. The van der Waals surface area contributed by atoms with Crippen LogP contribution in [0.25, 0.3) is 10.9 Å². The highest BCUT2D eigenvalue weighted by Gasteiger charge is 2.57. The van der Waals surface area contributed by atoms with Gasteiger partial charge in [0.05, 0.1) is 24.4 Å². The summed E-state index contributed by atoms with van der Waals surface area (Å²) in [6.07, 6.45) is 1.62. The minimum Gasteiger partial charge on any atom is -0.453 e. The molecule has 0 saturated heterocycles. The Labute approximate surface area is 236 Å². The van der Waals surface area contributed by atoms with E-state index in [4.69, 9.17) is 20.4 Å². The fraction of sp³-hybridized carbons (Fsp3) is 0.172. The van der Waals surface area contributed by atoms with Crippen molar-refractivity contribution in [3.05, 3.63) is 89.9 Å². The van der Waals surface area contributed by atoms with Gasteiger partial charge < -0.3 is 15.6 Å². The van der Waals surface area contributed by atoms with Crippen molar-refractivity contribution in [1.82, 2.24) is 10.5 Å². The van der Waals surface area contributed by atoms with Crippen molar-refractivity contribution in [3.63, 3.8) is 0 Å². The summed E-state index contributed by atoms with van der Waals surface area (Å²) in [5, 5.41) is 9.13. The molecule has 3 aromatic carbocycles. The molecule has 0 unspecified atom stereocenters. The number of benzene rings is 3. The number of aliphatic hydroxyl groups excluding tert-OH is 1. The number of carbonyl (C=O) groups is 3. The zero-order chi connectivity index (χ0) is 30.0. The lowest BCUT2D eigenvalue weighted by Gasteiger charge is -2.27. The van der Waals surface area contributed by atoms with E-state index in [-0.39, 0.29) is 43.1 Å². The number of hydrogen-bond donors (Lipinski definition) is 3. The van der Waals surface area contributed by atoms with Gasteiger partial charge in [0, 0.05) is 35.0 Å². The molecule has 3 amide bonds. The van der Waals surface area contributed by atoms with E-state index in [1.54, 1.807) is 0 Å². The lowest BCUT2D eigenvalue weighted by molar-refractivity contribution is -0.133. The van der Waals surface area contributed by atoms with Gasteiger partial charge in [-0.25, -0.2) is 18.7 Å². The molecule has 1 aliphatic rings. The van der Waals surface area contributed by atoms with Crippen LogP contribution in [-0.2, 0) is 14.4 Å². The van der Waals surface area contributed by atoms with Gasteiger partial charge in [0.2, 0.25) is 11.8 Å². The maximum atomic E-state index is 15.6. The van der Waals surface area contributed by atoms with Crippen molar-refractivity contribution < 1.29 is 42.2 Å². The van der Waals surface area contributed by atoms with Gasteiger partial charge in [-0.05, 0) is 61.4 Å². The Balaban J connectivity index is 1.48. The molecular formula is C29H23F3N4O6. The van der Waals surface area contributed by atoms with E-state index < -0.39 is 52.0 Å². The summed E-state index contributed by atoms with van der Waals surface area (Å²) in [4.78, 5) is 47.5. The summed E-state index contributed by atoms with van der Waals surface area (Å²) in [5.41, 5.74) is 6.00. The number of nitrogens with zero attached hydrogens (tertiary/aromatic N) is 2. The zero-order valence-electron chi connectivity index (χ0n) is 21.8. The lowest BCUT2D eigenvalue weighted by atomic mass is 10.0. The number of hydroxylamine groups is 1. The Morgan fingerprint density at radius 3 is 2.38 bits per heavy atom. The Morgan fingerprint density at radius 1 is 0.976 bits per heavy atom. The Morgan fingerprint density at radius 2 is 1.71 bits per heavy atom. The first kappa shape index (κ1) is 28.5. The summed E-state index contributed by atoms with van der Waals surface area (Å²) >= 11 is 0. The van der Waals surface area contributed by atoms with Crippen LogP contribution in [0.5, 0.6) is 11.5 Å². The first-order valence-corrected chi connectivity index (χ1v) is 12.6. The second kappa shape index (κ2) is 11.5. The highest BCUT2D eigenvalue weighted by atomic mass is 19.1. The molecule has 4 N–H and O–H groups in total. The number of ether oxygens (including phenoxy) is 1. The number of aromatic nitrogens is 1. The van der Waals surface area contributed by atoms with Crippen LogP contribution in [-0.4, -0.2) is 41.0 Å². The van der Waals surface area contributed by atoms with E-state index in [1.165, 1.54) is 42.6 Å². The number of anilines is 2. The molecule has 5 rings (SSSR count). The number of carbonyl (C=O) groups excluding carboxylic acids is 3. The van der Waals surface area contributed by atoms with E-state index in [9.17, 15) is 18.8 Å². The molecule has 13 heteroatoms. The maximum Gasteiger partial charge on any atom is 0.274 e. The molecule has 10 nitrogen and oxygen atoms in total. The van der Waals surface area contributed by atoms with Crippen LogP contribution in [0, 0.1) is 22.9 Å². The molecule has 0 atom stereocenters. The number of rotatable bonds is 10. The number of aliphatic hydroxyl groups is 1. The molecule has 0 radical (unpaired) electrons. The molecular weight excluding hydrogens is 557 g/mol. The second-order valence-electron chi connectivity index (χ2n) is 9.44. The van der Waals surface area contributed by atoms with Crippen molar-refractivity contribution >= 4 is 40.0 Å². The fourth-order valence-corrected chi connectivity index (χ4v) is 4.32. The van der Waals surface area contributed by atoms with Gasteiger partial charge in [0.1, 0.15) is 17.0 Å². The number of pyridine rings is 1. The van der Waals surface area contributed by atoms with Crippen LogP contribution in [0.1, 0.15) is 23.2 Å². The van der Waals surface area contributed by atoms with Crippen LogP contribution in [0.4, 0.5) is 24.5 Å². The molecule has 1 heterocycles. The maximum absolute atomic E-state index is 15.6. The molecule has 0 aliphatic heterocycles. The largest absolute Gasteiger partial charge is 0.453 e. The number of nitrogens with one attached hydrogen (secondary N) is 1. The van der Waals surface area contributed by atoms with Gasteiger partial charge >= 0.3 is 0 Å². The standard InChI is InChI=1S/C29H23F3N4O6/c30-17-2-4-18(5-3-17)36(28(40)29(8-9-29)27(33)39)23-14-21(32)25(15-20(23)31)42-24-7-10-34-22-13-16(1-6-19(22)24)26(38)35-41-12-11-37/h1-7,10,13-15,37H,8-9,11-12H2,(H2,33,39)(H,35,38). The minimum atomic E-state index is -1.58. The molecule has 1 saturated carbocycles. The van der Waals surface area contributed by atoms with Crippen LogP contribution in [0.2, 0.25) is 0 Å². The average Bonchev–Trinajstić information content (AvgIpc) is 3.79. The molecule has 216 valence electrons. The first-order valence-electron chi connectivity index (χ1n) is 12.6. The lowest BCUT2D eigenvalue weighted by Crippen LogP contribution is -2.41. The quantitative estimate of drug-likeness (QED) is 0.146. The zero-order valence-corrected chi connectivity index (χ0v) is 21.8. The number of primary amides is 1. The molecule has 0 spiro atoms. The predicted octanol–water partition coefficient (Wildman–Crippen LogP) is 4.03. The number of hydrogen-bond acceptors (Lipinski definition) is 7. The van der Waals surface area contributed by atoms with Crippen molar-refractivity contribution in [3.8, 4) is 11.5 Å². The van der Waals surface area contributed by atoms with Crippen molar-refractivity contribution in [1.29, 1.82) is 0 Å². The van der Waals surface area contributed by atoms with Crippen molar-refractivity contribution in [2.75, 3.05) is 18.1 Å². The summed E-state index contributed by atoms with van der Waals surface area (Å²) in [6.45, 7) is -0.384. The Hall–Kier alpha value is -5.01. The van der Waals surface area contributed by atoms with Crippen LogP contribution < -0.4 is 20.9 Å². The summed E-state index contributed by atoms with van der Waals surface area (Å²) in [6, 6.07) is 11.7. The number of fused-ring (bicyclic) bond motifs is 1. The molecule has 1 aromatic heterocycles. The first-order chi connectivity index (χ1) is 20.1. The second-order valence-corrected chi connectivity index (χ2v) is 9.44. The molecule has 42 heavy (non-hydrogen) atoms. The van der Waals surface area contributed by atoms with E-state index in [0.717, 1.165) is 29.2 Å². The van der Waals surface area contributed by atoms with Crippen LogP contribution >= 0.6 is 0 Å². The number of halogens is 3. The third-order valence-corrected chi connectivity index (χ3v) is 6.70. The van der Waals surface area contributed by atoms with Crippen molar-refractivity contribution in [2.45, 2.75) is 12.8 Å². The molecule has 4 aromatic rings. The minimum absolute atomic E-state index is 0.00243. The monoisotopic (exact) mass is 580 g/mol. The normalized spacial score (nSPS) is 13.4. The third kappa shape index (κ3) is 5.47. The van der Waals surface area contributed by atoms with Gasteiger partial charge in [0.25, 0.3) is 5.91 Å². The van der Waals surface area contributed by atoms with Gasteiger partial charge in [-0.1, -0.05) is 0 Å². The molecule has 1 fully saturated rings. The van der Waals surface area contributed by atoms with E-state index >= 15 is 8.78 Å². The predicted molar refractivity (Wildman–Crippen MR) is 143 cm³/mol. The van der Waals surface area contributed by atoms with E-state index in [0.29, 0.717) is 10.9 Å². The van der Waals surface area contributed by atoms with Crippen LogP contribution in [0.15, 0.2) is 66.9 Å². The molecule has 0 bridgehead atoms. The topological polar surface area (TPSA) is 144 Å². The van der Waals surface area contributed by atoms with Crippen molar-refractivity contribution in [2.24, 2.45) is 11.1 Å². The molecule has 1 aliphatic carbocycles. The summed E-state index contributed by atoms with van der Waals surface area (Å²) in [5.74, 6) is -5.52. The SMILES string of the molecule is NC(=O)C1(C(=O)N(c2ccc(F)cc2)c2cc(F)c(Oc3ccnc4cc(C(=O)NOCCO)ccc34)cc2F)CC1. The Kier molecular flexibility index (Phi) is 7.79. The fourth-order valence-electron chi connectivity index (χ4n) is 4.32. The third-order valence-electron chi connectivity index (χ3n) is 6.70. The average molecular weight is 581 g/mol. The van der Waals surface area contributed by atoms with E-state index in [2.05, 4.69) is 10.5 Å². The number of nitrogens with two attached hydrogens (primary N) is 1. The van der Waals surface area contributed by atoms with Gasteiger partial charge in [0.15, 0.2) is 17.4 Å². The van der Waals surface area contributed by atoms with Crippen LogP contribution in [0.3, 0.4) is 0 Å². The van der Waals surface area contributed by atoms with E-state index in [1.807, 2.05) is 0 Å².